The summed E-state index contributed by atoms with van der Waals surface area (Å²) in [5.74, 6) is -1.15. The fourth-order valence-electron chi connectivity index (χ4n) is 1.13. The number of thiol groups is 1. The molecule has 18 heavy (non-hydrogen) atoms. The topological polar surface area (TPSA) is 75.6 Å². The van der Waals surface area contributed by atoms with E-state index in [-0.39, 0.29) is 12.4 Å². The van der Waals surface area contributed by atoms with Crippen LogP contribution in [0.2, 0.25) is 0 Å². The minimum atomic E-state index is -1.15. The number of carboxylic acids is 1. The van der Waals surface area contributed by atoms with Crippen LogP contribution in [0.3, 0.4) is 0 Å². The Labute approximate surface area is 118 Å². The summed E-state index contributed by atoms with van der Waals surface area (Å²) in [7, 11) is 0. The second kappa shape index (κ2) is 7.27. The Hall–Kier alpha value is -1.21. The molecule has 0 saturated heterocycles. The molecule has 1 atom stereocenters. The molecule has 1 aromatic carbocycles. The van der Waals surface area contributed by atoms with Crippen LogP contribution in [-0.4, -0.2) is 29.0 Å². The standard InChI is InChI=1S/C11H12BrNO4S/c12-8-4-2-1-3-7(8)5-17-11(16)13-9(6-18)10(14)15/h1-4,9,18H,5-6H2,(H,13,16)(H,14,15)/t9-/m0/s1. The van der Waals surface area contributed by atoms with Gasteiger partial charge in [0.1, 0.15) is 12.6 Å². The summed E-state index contributed by atoms with van der Waals surface area (Å²) >= 11 is 7.14. The maximum absolute atomic E-state index is 11.4. The van der Waals surface area contributed by atoms with E-state index in [1.807, 2.05) is 18.2 Å². The van der Waals surface area contributed by atoms with Crippen molar-refractivity contribution < 1.29 is 19.4 Å². The first-order valence-corrected chi connectivity index (χ1v) is 6.47. The van der Waals surface area contributed by atoms with Crippen LogP contribution in [0.25, 0.3) is 0 Å². The highest BCUT2D eigenvalue weighted by molar-refractivity contribution is 9.10. The largest absolute Gasteiger partial charge is 0.480 e. The molecular formula is C11H12BrNO4S. The number of hydrogen-bond acceptors (Lipinski definition) is 4. The first-order valence-electron chi connectivity index (χ1n) is 5.05. The van der Waals surface area contributed by atoms with E-state index in [4.69, 9.17) is 9.84 Å². The summed E-state index contributed by atoms with van der Waals surface area (Å²) in [6.07, 6.45) is -0.785. The number of alkyl carbamates (subject to hydrolysis) is 1. The number of carboxylic acid groups (broad SMARTS) is 1. The van der Waals surface area contributed by atoms with Crippen LogP contribution in [0.15, 0.2) is 28.7 Å². The maximum Gasteiger partial charge on any atom is 0.408 e. The van der Waals surface area contributed by atoms with Gasteiger partial charge in [0.05, 0.1) is 0 Å². The van der Waals surface area contributed by atoms with Crippen LogP contribution in [0, 0.1) is 0 Å². The van der Waals surface area contributed by atoms with Gasteiger partial charge < -0.3 is 15.2 Å². The molecule has 0 bridgehead atoms. The number of halogens is 1. The molecule has 0 aliphatic carbocycles. The SMILES string of the molecule is O=C(N[C@@H](CS)C(=O)O)OCc1ccccc1Br. The minimum absolute atomic E-state index is 0.000531. The monoisotopic (exact) mass is 333 g/mol. The second-order valence-corrected chi connectivity index (χ2v) is 4.60. The average Bonchev–Trinajstić information content (AvgIpc) is 2.34. The Morgan fingerprint density at radius 2 is 2.11 bits per heavy atom. The number of benzene rings is 1. The van der Waals surface area contributed by atoms with Crippen molar-refractivity contribution in [2.24, 2.45) is 0 Å². The summed E-state index contributed by atoms with van der Waals surface area (Å²) in [4.78, 5) is 22.0. The van der Waals surface area contributed by atoms with Crippen LogP contribution < -0.4 is 5.32 Å². The van der Waals surface area contributed by atoms with Crippen molar-refractivity contribution in [1.82, 2.24) is 5.32 Å². The maximum atomic E-state index is 11.4. The molecule has 0 aromatic heterocycles. The minimum Gasteiger partial charge on any atom is -0.480 e. The van der Waals surface area contributed by atoms with Crippen LogP contribution >= 0.6 is 28.6 Å². The highest BCUT2D eigenvalue weighted by atomic mass is 79.9. The number of aliphatic carboxylic acids is 1. The lowest BCUT2D eigenvalue weighted by atomic mass is 10.2. The van der Waals surface area contributed by atoms with Gasteiger partial charge in [-0.25, -0.2) is 9.59 Å². The van der Waals surface area contributed by atoms with Gasteiger partial charge in [-0.2, -0.15) is 12.6 Å². The van der Waals surface area contributed by atoms with Gasteiger partial charge >= 0.3 is 12.1 Å². The summed E-state index contributed by atoms with van der Waals surface area (Å²) < 4.78 is 5.74. The normalized spacial score (nSPS) is 11.7. The third-order valence-electron chi connectivity index (χ3n) is 2.09. The summed E-state index contributed by atoms with van der Waals surface area (Å²) in [5, 5.41) is 10.9. The smallest absolute Gasteiger partial charge is 0.408 e. The van der Waals surface area contributed by atoms with Crippen molar-refractivity contribution in [2.45, 2.75) is 12.6 Å². The molecule has 0 unspecified atom stereocenters. The van der Waals surface area contributed by atoms with Crippen LogP contribution in [0.4, 0.5) is 4.79 Å². The molecule has 0 spiro atoms. The van der Waals surface area contributed by atoms with E-state index >= 15 is 0 Å². The zero-order valence-corrected chi connectivity index (χ0v) is 11.8. The number of ether oxygens (including phenoxy) is 1. The summed E-state index contributed by atoms with van der Waals surface area (Å²) in [6, 6.07) is 6.22. The molecule has 0 aliphatic heterocycles. The third kappa shape index (κ3) is 4.58. The fourth-order valence-corrected chi connectivity index (χ4v) is 1.77. The van der Waals surface area contributed by atoms with Crippen LogP contribution in [-0.2, 0) is 16.1 Å². The Bertz CT molecular complexity index is 441. The molecule has 0 saturated carbocycles. The highest BCUT2D eigenvalue weighted by Gasteiger charge is 2.18. The molecule has 0 fully saturated rings. The molecule has 0 heterocycles. The van der Waals surface area contributed by atoms with Crippen LogP contribution in [0.1, 0.15) is 5.56 Å². The van der Waals surface area contributed by atoms with Gasteiger partial charge in [-0.15, -0.1) is 0 Å². The number of hydrogen-bond donors (Lipinski definition) is 3. The Balaban J connectivity index is 2.47. The van der Waals surface area contributed by atoms with E-state index < -0.39 is 18.1 Å². The molecule has 1 aromatic rings. The fraction of sp³-hybridized carbons (Fsp3) is 0.273. The Kier molecular flexibility index (Phi) is 6.00. The molecule has 1 rings (SSSR count). The van der Waals surface area contributed by atoms with E-state index in [1.165, 1.54) is 0 Å². The van der Waals surface area contributed by atoms with Crippen molar-refractivity contribution in [3.63, 3.8) is 0 Å². The number of carbonyl (C=O) groups is 2. The van der Waals surface area contributed by atoms with Crippen molar-refractivity contribution in [3.8, 4) is 0 Å². The molecule has 1 amide bonds. The van der Waals surface area contributed by atoms with Gasteiger partial charge in [0.25, 0.3) is 0 Å². The zero-order valence-electron chi connectivity index (χ0n) is 9.30. The summed E-state index contributed by atoms with van der Waals surface area (Å²) in [6.45, 7) is 0.0617. The number of amides is 1. The van der Waals surface area contributed by atoms with Gasteiger partial charge in [0.15, 0.2) is 0 Å². The van der Waals surface area contributed by atoms with Gasteiger partial charge in [-0.1, -0.05) is 34.1 Å². The van der Waals surface area contributed by atoms with E-state index in [0.717, 1.165) is 10.0 Å². The lowest BCUT2D eigenvalue weighted by molar-refractivity contribution is -0.138. The van der Waals surface area contributed by atoms with Gasteiger partial charge in [-0.05, 0) is 6.07 Å². The van der Waals surface area contributed by atoms with Crippen LogP contribution in [0.5, 0.6) is 0 Å². The van der Waals surface area contributed by atoms with E-state index in [1.54, 1.807) is 6.07 Å². The first-order chi connectivity index (χ1) is 8.54. The van der Waals surface area contributed by atoms with Crippen molar-refractivity contribution in [1.29, 1.82) is 0 Å². The molecular weight excluding hydrogens is 322 g/mol. The van der Waals surface area contributed by atoms with Crippen molar-refractivity contribution in [2.75, 3.05) is 5.75 Å². The number of carbonyl (C=O) groups excluding carboxylic acids is 1. The second-order valence-electron chi connectivity index (χ2n) is 3.39. The quantitative estimate of drug-likeness (QED) is 0.721. The molecule has 0 aliphatic rings. The van der Waals surface area contributed by atoms with Crippen molar-refractivity contribution >= 4 is 40.6 Å². The number of nitrogens with one attached hydrogen (secondary N) is 1. The molecule has 7 heteroatoms. The first kappa shape index (κ1) is 14.8. The lowest BCUT2D eigenvalue weighted by Gasteiger charge is -2.12. The van der Waals surface area contributed by atoms with E-state index in [0.29, 0.717) is 0 Å². The Morgan fingerprint density at radius 1 is 1.44 bits per heavy atom. The average molecular weight is 334 g/mol. The zero-order chi connectivity index (χ0) is 13.5. The van der Waals surface area contributed by atoms with Crippen molar-refractivity contribution in [3.05, 3.63) is 34.3 Å². The highest BCUT2D eigenvalue weighted by Crippen LogP contribution is 2.16. The lowest BCUT2D eigenvalue weighted by Crippen LogP contribution is -2.42. The van der Waals surface area contributed by atoms with E-state index in [2.05, 4.69) is 33.9 Å². The third-order valence-corrected chi connectivity index (χ3v) is 3.23. The molecule has 5 nitrogen and oxygen atoms in total. The van der Waals surface area contributed by atoms with Gasteiger partial charge in [-0.3, -0.25) is 0 Å². The number of rotatable bonds is 5. The predicted octanol–water partition coefficient (Wildman–Crippen LogP) is 2.06. The Morgan fingerprint density at radius 3 is 2.67 bits per heavy atom. The predicted molar refractivity (Wildman–Crippen MR) is 72.7 cm³/mol. The molecule has 0 radical (unpaired) electrons. The van der Waals surface area contributed by atoms with Gasteiger partial charge in [0.2, 0.25) is 0 Å². The molecule has 2 N–H and O–H groups in total. The summed E-state index contributed by atoms with van der Waals surface area (Å²) in [5.41, 5.74) is 0.797. The van der Waals surface area contributed by atoms with Gasteiger partial charge in [0, 0.05) is 15.8 Å². The van der Waals surface area contributed by atoms with E-state index in [9.17, 15) is 9.59 Å². The molecule has 98 valence electrons.